The number of hydrogen-bond donors (Lipinski definition) is 1. The molecular weight excluding hydrogens is 354 g/mol. The Morgan fingerprint density at radius 2 is 1.96 bits per heavy atom. The number of halogens is 1. The Balaban J connectivity index is 1.63. The van der Waals surface area contributed by atoms with E-state index < -0.39 is 4.92 Å². The standard InChI is InChI=1S/C19H20ClN3O3/c1-13-2-4-14(5-3-13)11-22(15-6-7-15)12-19(24)21-18-9-8-16(23(25)26)10-17(18)20/h2-5,8-10,15H,6-7,11-12H2,1H3,(H,21,24). The smallest absolute Gasteiger partial charge is 0.271 e. The van der Waals surface area contributed by atoms with Crippen LogP contribution in [0, 0.1) is 17.0 Å². The van der Waals surface area contributed by atoms with Gasteiger partial charge in [0.2, 0.25) is 5.91 Å². The minimum Gasteiger partial charge on any atom is -0.324 e. The molecule has 26 heavy (non-hydrogen) atoms. The Labute approximate surface area is 156 Å². The quantitative estimate of drug-likeness (QED) is 0.584. The second kappa shape index (κ2) is 7.85. The normalized spacial score (nSPS) is 13.7. The lowest BCUT2D eigenvalue weighted by molar-refractivity contribution is -0.384. The highest BCUT2D eigenvalue weighted by atomic mass is 35.5. The predicted molar refractivity (Wildman–Crippen MR) is 101 cm³/mol. The summed E-state index contributed by atoms with van der Waals surface area (Å²) in [6.07, 6.45) is 2.19. The molecule has 2 aromatic rings. The maximum absolute atomic E-state index is 12.4. The summed E-state index contributed by atoms with van der Waals surface area (Å²) in [7, 11) is 0. The molecular formula is C19H20ClN3O3. The van der Waals surface area contributed by atoms with Crippen LogP contribution in [-0.4, -0.2) is 28.3 Å². The largest absolute Gasteiger partial charge is 0.324 e. The Kier molecular flexibility index (Phi) is 5.54. The summed E-state index contributed by atoms with van der Waals surface area (Å²) < 4.78 is 0. The van der Waals surface area contributed by atoms with Crippen molar-refractivity contribution in [2.45, 2.75) is 32.4 Å². The third-order valence-electron chi connectivity index (χ3n) is 4.35. The molecule has 6 nitrogen and oxygen atoms in total. The van der Waals surface area contributed by atoms with Crippen molar-refractivity contribution in [2.75, 3.05) is 11.9 Å². The molecule has 0 bridgehead atoms. The Hall–Kier alpha value is -2.44. The third-order valence-corrected chi connectivity index (χ3v) is 4.67. The molecule has 3 rings (SSSR count). The van der Waals surface area contributed by atoms with E-state index in [-0.39, 0.29) is 23.2 Å². The summed E-state index contributed by atoms with van der Waals surface area (Å²) in [6.45, 7) is 3.02. The van der Waals surface area contributed by atoms with Crippen LogP contribution in [0.2, 0.25) is 5.02 Å². The number of nitro groups is 1. The number of nitro benzene ring substituents is 1. The van der Waals surface area contributed by atoms with Crippen LogP contribution in [-0.2, 0) is 11.3 Å². The zero-order chi connectivity index (χ0) is 18.7. The van der Waals surface area contributed by atoms with Crippen LogP contribution in [0.4, 0.5) is 11.4 Å². The van der Waals surface area contributed by atoms with Gasteiger partial charge >= 0.3 is 0 Å². The molecule has 1 saturated carbocycles. The van der Waals surface area contributed by atoms with Gasteiger partial charge in [-0.1, -0.05) is 41.4 Å². The monoisotopic (exact) mass is 373 g/mol. The second-order valence-corrected chi connectivity index (χ2v) is 7.00. The third kappa shape index (κ3) is 4.80. The molecule has 0 atom stereocenters. The van der Waals surface area contributed by atoms with Crippen LogP contribution in [0.5, 0.6) is 0 Å². The lowest BCUT2D eigenvalue weighted by Gasteiger charge is -2.21. The van der Waals surface area contributed by atoms with Gasteiger partial charge in [0, 0.05) is 24.7 Å². The first kappa shape index (κ1) is 18.4. The van der Waals surface area contributed by atoms with Crippen molar-refractivity contribution in [3.05, 3.63) is 68.7 Å². The van der Waals surface area contributed by atoms with E-state index in [1.165, 1.54) is 29.3 Å². The number of nitrogens with one attached hydrogen (secondary N) is 1. The van der Waals surface area contributed by atoms with Crippen molar-refractivity contribution in [2.24, 2.45) is 0 Å². The fourth-order valence-electron chi connectivity index (χ4n) is 2.77. The van der Waals surface area contributed by atoms with Crippen LogP contribution in [0.25, 0.3) is 0 Å². The summed E-state index contributed by atoms with van der Waals surface area (Å²) in [5.41, 5.74) is 2.65. The molecule has 1 amide bonds. The van der Waals surface area contributed by atoms with Gasteiger partial charge in [-0.3, -0.25) is 19.8 Å². The first-order valence-electron chi connectivity index (χ1n) is 8.46. The predicted octanol–water partition coefficient (Wildman–Crippen LogP) is 4.16. The first-order valence-corrected chi connectivity index (χ1v) is 8.83. The zero-order valence-electron chi connectivity index (χ0n) is 14.4. The summed E-state index contributed by atoms with van der Waals surface area (Å²) in [5.74, 6) is -0.181. The number of aryl methyl sites for hydroxylation is 1. The SMILES string of the molecule is Cc1ccc(CN(CC(=O)Nc2ccc([N+](=O)[O-])cc2Cl)C2CC2)cc1. The molecule has 0 radical (unpaired) electrons. The number of carbonyl (C=O) groups is 1. The van der Waals surface area contributed by atoms with Gasteiger partial charge in [0.15, 0.2) is 0 Å². The fraction of sp³-hybridized carbons (Fsp3) is 0.316. The Morgan fingerprint density at radius 1 is 1.27 bits per heavy atom. The highest BCUT2D eigenvalue weighted by molar-refractivity contribution is 6.34. The topological polar surface area (TPSA) is 75.5 Å². The maximum Gasteiger partial charge on any atom is 0.271 e. The number of amides is 1. The number of carbonyl (C=O) groups excluding carboxylic acids is 1. The Morgan fingerprint density at radius 3 is 2.54 bits per heavy atom. The van der Waals surface area contributed by atoms with Crippen LogP contribution in [0.1, 0.15) is 24.0 Å². The van der Waals surface area contributed by atoms with E-state index in [9.17, 15) is 14.9 Å². The summed E-state index contributed by atoms with van der Waals surface area (Å²) >= 11 is 6.04. The fourth-order valence-corrected chi connectivity index (χ4v) is 3.00. The van der Waals surface area contributed by atoms with E-state index in [4.69, 9.17) is 11.6 Å². The number of rotatable bonds is 7. The highest BCUT2D eigenvalue weighted by Crippen LogP contribution is 2.29. The Bertz CT molecular complexity index is 819. The molecule has 0 aliphatic heterocycles. The van der Waals surface area contributed by atoms with Crippen molar-refractivity contribution < 1.29 is 9.72 Å². The van der Waals surface area contributed by atoms with E-state index in [1.54, 1.807) is 0 Å². The van der Waals surface area contributed by atoms with E-state index in [0.29, 0.717) is 18.3 Å². The van der Waals surface area contributed by atoms with Crippen molar-refractivity contribution in [3.63, 3.8) is 0 Å². The van der Waals surface area contributed by atoms with Crippen molar-refractivity contribution in [1.82, 2.24) is 4.90 Å². The molecule has 0 heterocycles. The first-order chi connectivity index (χ1) is 12.4. The van der Waals surface area contributed by atoms with Gasteiger partial charge in [-0.15, -0.1) is 0 Å². The van der Waals surface area contributed by atoms with E-state index in [1.807, 2.05) is 6.92 Å². The molecule has 0 unspecified atom stereocenters. The number of benzene rings is 2. The van der Waals surface area contributed by atoms with Gasteiger partial charge in [-0.05, 0) is 31.4 Å². The van der Waals surface area contributed by atoms with Gasteiger partial charge in [-0.2, -0.15) is 0 Å². The van der Waals surface area contributed by atoms with E-state index >= 15 is 0 Å². The molecule has 0 saturated heterocycles. The molecule has 1 N–H and O–H groups in total. The van der Waals surface area contributed by atoms with Crippen LogP contribution >= 0.6 is 11.6 Å². The van der Waals surface area contributed by atoms with Crippen LogP contribution in [0.15, 0.2) is 42.5 Å². The highest BCUT2D eigenvalue weighted by Gasteiger charge is 2.30. The minimum atomic E-state index is -0.520. The molecule has 1 aliphatic carbocycles. The molecule has 1 aliphatic rings. The average Bonchev–Trinajstić information content (AvgIpc) is 3.43. The molecule has 2 aromatic carbocycles. The van der Waals surface area contributed by atoms with Crippen molar-refractivity contribution in [3.8, 4) is 0 Å². The van der Waals surface area contributed by atoms with Gasteiger partial charge in [0.1, 0.15) is 0 Å². The lowest BCUT2D eigenvalue weighted by atomic mass is 10.1. The summed E-state index contributed by atoms with van der Waals surface area (Å²) in [4.78, 5) is 24.8. The number of hydrogen-bond acceptors (Lipinski definition) is 4. The molecule has 1 fully saturated rings. The van der Waals surface area contributed by atoms with Gasteiger partial charge in [0.25, 0.3) is 5.69 Å². The number of non-ortho nitro benzene ring substituents is 1. The molecule has 136 valence electrons. The van der Waals surface area contributed by atoms with Crippen LogP contribution in [0.3, 0.4) is 0 Å². The second-order valence-electron chi connectivity index (χ2n) is 6.59. The van der Waals surface area contributed by atoms with Crippen molar-refractivity contribution >= 4 is 28.9 Å². The summed E-state index contributed by atoms with van der Waals surface area (Å²) in [5, 5.41) is 13.7. The molecule has 0 aromatic heterocycles. The van der Waals surface area contributed by atoms with E-state index in [0.717, 1.165) is 12.8 Å². The zero-order valence-corrected chi connectivity index (χ0v) is 15.2. The van der Waals surface area contributed by atoms with Gasteiger partial charge in [0.05, 0.1) is 22.2 Å². The van der Waals surface area contributed by atoms with Gasteiger partial charge < -0.3 is 5.32 Å². The van der Waals surface area contributed by atoms with Gasteiger partial charge in [-0.25, -0.2) is 0 Å². The average molecular weight is 374 g/mol. The lowest BCUT2D eigenvalue weighted by Crippen LogP contribution is -2.34. The maximum atomic E-state index is 12.4. The molecule has 0 spiro atoms. The van der Waals surface area contributed by atoms with E-state index in [2.05, 4.69) is 34.5 Å². The minimum absolute atomic E-state index is 0.105. The number of anilines is 1. The molecule has 7 heteroatoms. The summed E-state index contributed by atoms with van der Waals surface area (Å²) in [6, 6.07) is 12.7. The number of nitrogens with zero attached hydrogens (tertiary/aromatic N) is 2. The van der Waals surface area contributed by atoms with Crippen LogP contribution < -0.4 is 5.32 Å². The van der Waals surface area contributed by atoms with Crippen molar-refractivity contribution in [1.29, 1.82) is 0 Å².